The Morgan fingerprint density at radius 2 is 0.957 bits per heavy atom. The van der Waals surface area contributed by atoms with Gasteiger partial charge < -0.3 is 120 Å². The number of alkyl carbamates (subject to hydrolysis) is 2. The van der Waals surface area contributed by atoms with Crippen molar-refractivity contribution in [2.75, 3.05) is 46.2 Å². The molecular weight excluding hydrogens is 1850 g/mol. The smallest absolute Gasteiger partial charge is 0.410 e. The fourth-order valence-corrected chi connectivity index (χ4v) is 18.7. The Balaban J connectivity index is 0.868. The average molecular weight is 1970 g/mol. The van der Waals surface area contributed by atoms with Gasteiger partial charge in [0.05, 0.1) is 87.9 Å². The molecule has 3 amide bonds. The Kier molecular flexibility index (Phi) is 38.0. The van der Waals surface area contributed by atoms with Crippen molar-refractivity contribution in [3.05, 3.63) is 251 Å². The molecule has 0 saturated carbocycles. The molecule has 26 atom stereocenters. The predicted molar refractivity (Wildman–Crippen MR) is 503 cm³/mol. The zero-order valence-corrected chi connectivity index (χ0v) is 81.6. The monoisotopic (exact) mass is 1970 g/mol. The predicted octanol–water partition coefficient (Wildman–Crippen LogP) is 16.3. The van der Waals surface area contributed by atoms with Gasteiger partial charge >= 0.3 is 36.2 Å². The van der Waals surface area contributed by atoms with Gasteiger partial charge in [0.15, 0.2) is 42.8 Å². The maximum absolute atomic E-state index is 15.8. The lowest BCUT2D eigenvalue weighted by Crippen LogP contribution is -2.70. The van der Waals surface area contributed by atoms with E-state index < -0.39 is 217 Å². The molecule has 9 unspecified atom stereocenters. The SMILES string of the molecule is CC[C@H]1OC(C)(C)O[C@H]1C1O[C@](C)(O[C@@H]2C(OC(=O)c3ccccc3)[C@H](O[C@@H]3C(NC(=O)OCC(Cl)(Cl)Cl)[C@H](O[C@@H]4C(OCc5ccccc5)[C@H](OCCCCCN(Cc5ccccc5)C(=O)OCc5ccccc5)OC(COCc5ccccc5)[C@@H]4C)OC(COC(C)=O)[C@H]3C)OC(COCc3ccccc3)[C@@H]2OC2OC(COC(C)=O)[C@H](OCc3ccccc3)[C@H](C)[C@@H]2C)C[C@H]2OC(=O)N[C@@H]12. The number of hydrogen-bond acceptors (Lipinski definition) is 28. The summed E-state index contributed by atoms with van der Waals surface area (Å²) in [5, 5.41) is 5.97. The third-order valence-electron chi connectivity index (χ3n) is 25.8. The maximum Gasteiger partial charge on any atom is 0.410 e. The van der Waals surface area contributed by atoms with Crippen LogP contribution in [0.5, 0.6) is 0 Å². The molecule has 0 aliphatic carbocycles. The first kappa shape index (κ1) is 105. The number of amides is 3. The van der Waals surface area contributed by atoms with Crippen LogP contribution >= 0.6 is 34.8 Å². The van der Waals surface area contributed by atoms with E-state index in [1.807, 2.05) is 210 Å². The summed E-state index contributed by atoms with van der Waals surface area (Å²) >= 11 is 19.2. The average Bonchev–Trinajstić information content (AvgIpc) is 1.71. The molecule has 0 aromatic heterocycles. The summed E-state index contributed by atoms with van der Waals surface area (Å²) in [5.74, 6) is -8.00. The number of benzene rings is 7. The zero-order chi connectivity index (χ0) is 97.5. The Morgan fingerprint density at radius 3 is 1.54 bits per heavy atom. The van der Waals surface area contributed by atoms with Gasteiger partial charge in [-0.25, -0.2) is 19.2 Å². The Hall–Kier alpha value is -9.01. The molecule has 7 aromatic carbocycles. The van der Waals surface area contributed by atoms with Crippen molar-refractivity contribution in [1.29, 1.82) is 0 Å². The van der Waals surface area contributed by atoms with Crippen molar-refractivity contribution in [3.63, 3.8) is 0 Å². The number of fused-ring (bicyclic) bond motifs is 1. The second kappa shape index (κ2) is 50.1. The first-order chi connectivity index (χ1) is 66.5. The molecule has 0 radical (unpaired) electrons. The van der Waals surface area contributed by atoms with Crippen LogP contribution < -0.4 is 10.6 Å². The molecule has 0 spiro atoms. The number of rotatable bonds is 43. The fraction of sp³-hybridized carbons (Fsp3) is 0.538. The van der Waals surface area contributed by atoms with Gasteiger partial charge in [0.1, 0.15) is 81.3 Å². The Morgan fingerprint density at radius 1 is 0.464 bits per heavy atom. The molecule has 138 heavy (non-hydrogen) atoms. The lowest BCUT2D eigenvalue weighted by Gasteiger charge is -2.54. The number of hydrogen-bond donors (Lipinski definition) is 2. The van der Waals surface area contributed by atoms with E-state index in [0.717, 1.165) is 33.4 Å². The van der Waals surface area contributed by atoms with E-state index in [0.29, 0.717) is 38.8 Å². The maximum atomic E-state index is 15.8. The number of carbonyl (C=O) groups excluding carboxylic acids is 6. The van der Waals surface area contributed by atoms with Crippen LogP contribution in [0.4, 0.5) is 14.4 Å². The lowest BCUT2D eigenvalue weighted by atomic mass is 9.84. The van der Waals surface area contributed by atoms with Crippen LogP contribution in [0, 0.1) is 23.7 Å². The van der Waals surface area contributed by atoms with Crippen molar-refractivity contribution in [2.24, 2.45) is 23.7 Å². The van der Waals surface area contributed by atoms with Crippen molar-refractivity contribution in [3.8, 4) is 0 Å². The lowest BCUT2D eigenvalue weighted by molar-refractivity contribution is -0.400. The van der Waals surface area contributed by atoms with Crippen molar-refractivity contribution < 1.29 is 133 Å². The van der Waals surface area contributed by atoms with Gasteiger partial charge in [-0.05, 0) is 97.9 Å². The number of carbonyl (C=O) groups is 6. The highest BCUT2D eigenvalue weighted by atomic mass is 35.6. The molecule has 748 valence electrons. The van der Waals surface area contributed by atoms with E-state index in [-0.39, 0.29) is 71.4 Å². The van der Waals surface area contributed by atoms with Crippen LogP contribution in [-0.4, -0.2) is 231 Å². The molecule has 14 rings (SSSR count). The molecule has 7 aliphatic rings. The first-order valence-corrected chi connectivity index (χ1v) is 48.6. The normalized spacial score (nSPS) is 30.6. The van der Waals surface area contributed by atoms with Crippen molar-refractivity contribution >= 4 is 71.0 Å². The van der Waals surface area contributed by atoms with Crippen LogP contribution in [-0.2, 0) is 153 Å². The number of ether oxygens (including phenoxy) is 22. The zero-order valence-electron chi connectivity index (χ0n) is 79.4. The number of unbranched alkanes of at least 4 members (excludes halogenated alkanes) is 2. The summed E-state index contributed by atoms with van der Waals surface area (Å²) in [4.78, 5) is 87.0. The van der Waals surface area contributed by atoms with Gasteiger partial charge in [-0.15, -0.1) is 0 Å². The van der Waals surface area contributed by atoms with E-state index in [9.17, 15) is 19.2 Å². The number of halogens is 3. The summed E-state index contributed by atoms with van der Waals surface area (Å²) in [5.41, 5.74) is 5.16. The third-order valence-corrected chi connectivity index (χ3v) is 26.1. The minimum Gasteiger partial charge on any atom is -0.463 e. The number of nitrogens with one attached hydrogen (secondary N) is 2. The summed E-state index contributed by atoms with van der Waals surface area (Å²) in [6.45, 7) is 16.6. The van der Waals surface area contributed by atoms with Gasteiger partial charge in [0.25, 0.3) is 0 Å². The quantitative estimate of drug-likeness (QED) is 0.0155. The highest BCUT2D eigenvalue weighted by molar-refractivity contribution is 6.67. The third kappa shape index (κ3) is 29.4. The molecule has 2 N–H and O–H groups in total. The van der Waals surface area contributed by atoms with E-state index in [1.165, 1.54) is 13.8 Å². The molecular formula is C104H128Cl3N3O28. The molecule has 34 heteroatoms. The van der Waals surface area contributed by atoms with Crippen molar-refractivity contribution in [1.82, 2.24) is 15.5 Å². The van der Waals surface area contributed by atoms with Crippen LogP contribution in [0.2, 0.25) is 0 Å². The Labute approximate surface area is 821 Å². The minimum absolute atomic E-state index is 0.00420. The molecule has 7 aromatic rings. The van der Waals surface area contributed by atoms with Gasteiger partial charge in [-0.2, -0.15) is 0 Å². The number of alkyl halides is 3. The Bertz CT molecular complexity index is 4940. The van der Waals surface area contributed by atoms with Gasteiger partial charge in [-0.1, -0.05) is 270 Å². The van der Waals surface area contributed by atoms with Crippen LogP contribution in [0.25, 0.3) is 0 Å². The molecule has 7 heterocycles. The largest absolute Gasteiger partial charge is 0.463 e. The van der Waals surface area contributed by atoms with Crippen LogP contribution in [0.15, 0.2) is 212 Å². The molecule has 31 nitrogen and oxygen atoms in total. The molecule has 0 bridgehead atoms. The second-order valence-electron chi connectivity index (χ2n) is 36.7. The standard InChI is InChI=1S/C104H128Cl3N3O28/c1-11-77-89(136-102(8,9)135-77)90-83-78(130-100(115)108-83)52-103(10,137-90)138-91-88(134-95-65(3)64(2)85(82(128-95)62-121-69(7)112)122-56-73-42-26-15-27-43-73)81(60-118-55-72-40-24-14-25-41-72)129-98(93(91)131-94(113)76-48-32-18-33-49-76)132-86-66(4)80(61-120-68(6)111)126-96(84(86)109-99(114)125-63-104(105,106)107)133-87-67(5)79(59-117-54-71-38-22-13-23-39-71)127-97(92(87)123-57-74-44-28-16-29-45-74)119-51-35-19-34-50-110(53-70-36-20-12-21-37-70)101(116)124-58-75-46-30-17-31-47-75/h12-18,20-33,36-49,64-67,77-93,95-98H,11,19,34-35,50-63H2,1-10H3,(H,108,115)(H,109,114)/t64-,65+,66-,67+,77-,78-,79?,80?,81?,82?,83-,84?,85-,86+,87+,88+,89-,90?,91+,92?,93?,95?,96+,97-,98+,103-/m1/s1. The van der Waals surface area contributed by atoms with Crippen molar-refractivity contribution in [2.45, 2.75) is 285 Å². The topological polar surface area (TPSA) is 333 Å². The summed E-state index contributed by atoms with van der Waals surface area (Å²) in [6.07, 6.45) is -24.1. The summed E-state index contributed by atoms with van der Waals surface area (Å²) < 4.78 is 149. The first-order valence-electron chi connectivity index (χ1n) is 47.4. The highest BCUT2D eigenvalue weighted by Crippen LogP contribution is 2.47. The van der Waals surface area contributed by atoms with E-state index in [1.54, 1.807) is 62.9 Å². The summed E-state index contributed by atoms with van der Waals surface area (Å²) in [6, 6.07) is 63.0. The van der Waals surface area contributed by atoms with Gasteiger partial charge in [0.2, 0.25) is 3.79 Å². The van der Waals surface area contributed by atoms with E-state index in [2.05, 4.69) is 10.6 Å². The number of esters is 3. The number of nitrogens with zero attached hydrogens (tertiary/aromatic N) is 1. The van der Waals surface area contributed by atoms with Gasteiger partial charge in [-0.3, -0.25) is 9.59 Å². The summed E-state index contributed by atoms with van der Waals surface area (Å²) in [7, 11) is 0. The second-order valence-corrected chi connectivity index (χ2v) is 39.2. The fourth-order valence-electron chi connectivity index (χ4n) is 18.5. The molecule has 7 aliphatic heterocycles. The van der Waals surface area contributed by atoms with Crippen LogP contribution in [0.3, 0.4) is 0 Å². The molecule has 7 fully saturated rings. The van der Waals surface area contributed by atoms with Gasteiger partial charge in [0, 0.05) is 57.7 Å². The molecule has 7 saturated heterocycles. The van der Waals surface area contributed by atoms with E-state index >= 15 is 9.59 Å². The van der Waals surface area contributed by atoms with Crippen LogP contribution in [0.1, 0.15) is 145 Å². The van der Waals surface area contributed by atoms with E-state index in [4.69, 9.17) is 139 Å². The highest BCUT2D eigenvalue weighted by Gasteiger charge is 2.63. The minimum atomic E-state index is -2.15.